The first-order chi connectivity index (χ1) is 11.7. The van der Waals surface area contributed by atoms with Crippen LogP contribution in [0.1, 0.15) is 35.9 Å². The molecule has 0 amide bonds. The molecule has 2 atom stereocenters. The van der Waals surface area contributed by atoms with Crippen LogP contribution < -0.4 is 0 Å². The Labute approximate surface area is 141 Å². The van der Waals surface area contributed by atoms with E-state index in [1.54, 1.807) is 0 Å². The van der Waals surface area contributed by atoms with Crippen molar-refractivity contribution in [3.8, 4) is 11.3 Å². The standard InChI is InChI=1S/C20H21N3O/c1-20-11-14-12-21-24-17(14)10-15(20)8-9-16-18(23(2)22-19(16)20)13-6-4-3-5-7-13/h3-7,12,15H,8-11H2,1-2H3. The van der Waals surface area contributed by atoms with Gasteiger partial charge in [-0.25, -0.2) is 0 Å². The van der Waals surface area contributed by atoms with Gasteiger partial charge in [0.25, 0.3) is 0 Å². The summed E-state index contributed by atoms with van der Waals surface area (Å²) in [6, 6.07) is 10.6. The SMILES string of the molecule is Cn1nc2c(c1-c1ccccc1)CCC1Cc3oncc3CC21C. The van der Waals surface area contributed by atoms with E-state index >= 15 is 0 Å². The summed E-state index contributed by atoms with van der Waals surface area (Å²) in [7, 11) is 2.08. The molecule has 0 saturated heterocycles. The Balaban J connectivity index is 1.67. The number of benzene rings is 1. The van der Waals surface area contributed by atoms with Crippen LogP contribution in [0.2, 0.25) is 0 Å². The Morgan fingerprint density at radius 3 is 2.92 bits per heavy atom. The normalized spacial score (nSPS) is 25.0. The van der Waals surface area contributed by atoms with Gasteiger partial charge in [-0.3, -0.25) is 4.68 Å². The summed E-state index contributed by atoms with van der Waals surface area (Å²) in [6.07, 6.45) is 6.15. The molecule has 0 saturated carbocycles. The lowest BCUT2D eigenvalue weighted by molar-refractivity contribution is 0.206. The molecule has 0 fully saturated rings. The van der Waals surface area contributed by atoms with Crippen molar-refractivity contribution in [3.05, 3.63) is 59.1 Å². The molecule has 0 aliphatic heterocycles. The molecule has 3 aromatic rings. The molecule has 2 aliphatic carbocycles. The lowest BCUT2D eigenvalue weighted by Gasteiger charge is -2.43. The number of fused-ring (bicyclic) bond motifs is 4. The Morgan fingerprint density at radius 2 is 2.08 bits per heavy atom. The van der Waals surface area contributed by atoms with E-state index in [4.69, 9.17) is 9.62 Å². The van der Waals surface area contributed by atoms with Crippen molar-refractivity contribution in [1.82, 2.24) is 14.9 Å². The van der Waals surface area contributed by atoms with Crippen LogP contribution in [0.3, 0.4) is 0 Å². The van der Waals surface area contributed by atoms with Crippen LogP contribution in [0.25, 0.3) is 11.3 Å². The molecular formula is C20H21N3O. The fourth-order valence-corrected chi connectivity index (χ4v) is 4.82. The summed E-state index contributed by atoms with van der Waals surface area (Å²) in [5.41, 5.74) is 6.60. The minimum absolute atomic E-state index is 0.0803. The van der Waals surface area contributed by atoms with Gasteiger partial charge in [0.2, 0.25) is 0 Å². The highest BCUT2D eigenvalue weighted by atomic mass is 16.5. The Kier molecular flexibility index (Phi) is 2.82. The maximum atomic E-state index is 5.46. The average Bonchev–Trinajstić information content (AvgIpc) is 3.16. The van der Waals surface area contributed by atoms with Crippen molar-refractivity contribution < 1.29 is 4.52 Å². The second-order valence-corrected chi connectivity index (χ2v) is 7.47. The zero-order chi connectivity index (χ0) is 16.3. The molecule has 122 valence electrons. The molecule has 0 bridgehead atoms. The third kappa shape index (κ3) is 1.80. The van der Waals surface area contributed by atoms with Crippen LogP contribution in [-0.2, 0) is 31.7 Å². The predicted octanol–water partition coefficient (Wildman–Crippen LogP) is 3.69. The number of nitrogens with zero attached hydrogens (tertiary/aromatic N) is 3. The second kappa shape index (κ2) is 4.82. The highest BCUT2D eigenvalue weighted by Crippen LogP contribution is 2.49. The van der Waals surface area contributed by atoms with E-state index in [1.165, 1.54) is 34.5 Å². The van der Waals surface area contributed by atoms with Gasteiger partial charge in [0.1, 0.15) is 5.76 Å². The first kappa shape index (κ1) is 14.0. The molecule has 2 unspecified atom stereocenters. The van der Waals surface area contributed by atoms with Crippen molar-refractivity contribution >= 4 is 0 Å². The second-order valence-electron chi connectivity index (χ2n) is 7.47. The summed E-state index contributed by atoms with van der Waals surface area (Å²) in [4.78, 5) is 0. The molecule has 4 nitrogen and oxygen atoms in total. The van der Waals surface area contributed by atoms with Crippen molar-refractivity contribution in [3.63, 3.8) is 0 Å². The Hall–Kier alpha value is -2.36. The van der Waals surface area contributed by atoms with Gasteiger partial charge in [0.05, 0.1) is 17.6 Å². The van der Waals surface area contributed by atoms with E-state index in [-0.39, 0.29) is 5.41 Å². The molecule has 2 heterocycles. The Morgan fingerprint density at radius 1 is 1.25 bits per heavy atom. The fourth-order valence-electron chi connectivity index (χ4n) is 4.82. The van der Waals surface area contributed by atoms with Crippen LogP contribution >= 0.6 is 0 Å². The average molecular weight is 319 g/mol. The van der Waals surface area contributed by atoms with Crippen LogP contribution in [0.5, 0.6) is 0 Å². The third-order valence-corrected chi connectivity index (χ3v) is 6.10. The molecule has 2 aromatic heterocycles. The van der Waals surface area contributed by atoms with Gasteiger partial charge in [0, 0.05) is 35.6 Å². The molecule has 4 heteroatoms. The minimum atomic E-state index is 0.0803. The van der Waals surface area contributed by atoms with Crippen LogP contribution in [0.15, 0.2) is 41.1 Å². The Bertz CT molecular complexity index is 908. The fraction of sp³-hybridized carbons (Fsp3) is 0.400. The van der Waals surface area contributed by atoms with Crippen molar-refractivity contribution in [2.75, 3.05) is 0 Å². The third-order valence-electron chi connectivity index (χ3n) is 6.10. The van der Waals surface area contributed by atoms with Gasteiger partial charge < -0.3 is 4.52 Å². The summed E-state index contributed by atoms with van der Waals surface area (Å²) in [5, 5.41) is 9.03. The highest BCUT2D eigenvalue weighted by molar-refractivity contribution is 5.66. The van der Waals surface area contributed by atoms with Crippen LogP contribution in [-0.4, -0.2) is 14.9 Å². The van der Waals surface area contributed by atoms with E-state index in [1.807, 2.05) is 6.20 Å². The molecule has 2 aliphatic rings. The van der Waals surface area contributed by atoms with Gasteiger partial charge in [-0.2, -0.15) is 5.10 Å². The van der Waals surface area contributed by atoms with Crippen LogP contribution in [0.4, 0.5) is 0 Å². The van der Waals surface area contributed by atoms with Gasteiger partial charge >= 0.3 is 0 Å². The monoisotopic (exact) mass is 319 g/mol. The van der Waals surface area contributed by atoms with Gasteiger partial charge in [0.15, 0.2) is 0 Å². The number of aromatic nitrogens is 3. The topological polar surface area (TPSA) is 43.9 Å². The minimum Gasteiger partial charge on any atom is -0.361 e. The van der Waals surface area contributed by atoms with E-state index in [0.717, 1.165) is 25.0 Å². The van der Waals surface area contributed by atoms with E-state index in [9.17, 15) is 0 Å². The maximum Gasteiger partial charge on any atom is 0.140 e. The van der Waals surface area contributed by atoms with E-state index in [2.05, 4.69) is 54.1 Å². The van der Waals surface area contributed by atoms with Crippen molar-refractivity contribution in [2.24, 2.45) is 13.0 Å². The van der Waals surface area contributed by atoms with E-state index < -0.39 is 0 Å². The number of aryl methyl sites for hydroxylation is 1. The molecule has 0 N–H and O–H groups in total. The predicted molar refractivity (Wildman–Crippen MR) is 91.7 cm³/mol. The van der Waals surface area contributed by atoms with E-state index in [0.29, 0.717) is 5.92 Å². The van der Waals surface area contributed by atoms with Gasteiger partial charge in [-0.1, -0.05) is 42.4 Å². The smallest absolute Gasteiger partial charge is 0.140 e. The zero-order valence-electron chi connectivity index (χ0n) is 14.1. The van der Waals surface area contributed by atoms with Crippen molar-refractivity contribution in [1.29, 1.82) is 0 Å². The molecule has 0 spiro atoms. The molecule has 0 radical (unpaired) electrons. The number of hydrogen-bond donors (Lipinski definition) is 0. The van der Waals surface area contributed by atoms with Gasteiger partial charge in [-0.05, 0) is 25.2 Å². The summed E-state index contributed by atoms with van der Waals surface area (Å²) < 4.78 is 7.54. The van der Waals surface area contributed by atoms with Crippen LogP contribution in [0, 0.1) is 5.92 Å². The summed E-state index contributed by atoms with van der Waals surface area (Å²) in [5.74, 6) is 1.67. The molecule has 24 heavy (non-hydrogen) atoms. The molecular weight excluding hydrogens is 298 g/mol. The lowest BCUT2D eigenvalue weighted by Crippen LogP contribution is -2.43. The lowest BCUT2D eigenvalue weighted by atomic mass is 9.60. The summed E-state index contributed by atoms with van der Waals surface area (Å²) >= 11 is 0. The maximum absolute atomic E-state index is 5.46. The number of rotatable bonds is 1. The molecule has 1 aromatic carbocycles. The summed E-state index contributed by atoms with van der Waals surface area (Å²) in [6.45, 7) is 2.38. The first-order valence-electron chi connectivity index (χ1n) is 8.71. The number of hydrogen-bond acceptors (Lipinski definition) is 3. The first-order valence-corrected chi connectivity index (χ1v) is 8.71. The quantitative estimate of drug-likeness (QED) is 0.687. The van der Waals surface area contributed by atoms with Gasteiger partial charge in [-0.15, -0.1) is 0 Å². The molecule has 5 rings (SSSR count). The van der Waals surface area contributed by atoms with Crippen molar-refractivity contribution in [2.45, 2.75) is 38.0 Å². The highest BCUT2D eigenvalue weighted by Gasteiger charge is 2.47. The largest absolute Gasteiger partial charge is 0.361 e. The zero-order valence-corrected chi connectivity index (χ0v) is 14.1.